The Morgan fingerprint density at radius 2 is 1.75 bits per heavy atom. The lowest BCUT2D eigenvalue weighted by molar-refractivity contribution is 0.0689. The lowest BCUT2D eigenvalue weighted by atomic mass is 10.0. The third-order valence-corrected chi connectivity index (χ3v) is 2.95. The van der Waals surface area contributed by atoms with Gasteiger partial charge in [0.25, 0.3) is 0 Å². The summed E-state index contributed by atoms with van der Waals surface area (Å²) in [5.41, 5.74) is 0.485. The molecule has 0 fully saturated rings. The van der Waals surface area contributed by atoms with Gasteiger partial charge in [0.1, 0.15) is 22.9 Å². The zero-order valence-corrected chi connectivity index (χ0v) is 11.3. The summed E-state index contributed by atoms with van der Waals surface area (Å²) in [4.78, 5) is 11.1. The van der Waals surface area contributed by atoms with E-state index >= 15 is 0 Å². The molecule has 2 aromatic carbocycles. The van der Waals surface area contributed by atoms with Crippen molar-refractivity contribution >= 4 is 5.97 Å². The molecule has 0 saturated heterocycles. The molecule has 0 unspecified atom stereocenters. The molecule has 0 aromatic heterocycles. The van der Waals surface area contributed by atoms with E-state index in [1.807, 2.05) is 26.0 Å². The van der Waals surface area contributed by atoms with Gasteiger partial charge in [-0.25, -0.2) is 9.18 Å². The van der Waals surface area contributed by atoms with Crippen molar-refractivity contribution in [1.82, 2.24) is 0 Å². The number of para-hydroxylation sites is 1. The third-order valence-electron chi connectivity index (χ3n) is 2.95. The predicted octanol–water partition coefficient (Wildman–Crippen LogP) is 4.44. The quantitative estimate of drug-likeness (QED) is 0.896. The summed E-state index contributed by atoms with van der Waals surface area (Å²) in [5, 5.41) is 9.08. The second kappa shape index (κ2) is 5.74. The number of hydrogen-bond acceptors (Lipinski definition) is 2. The second-order valence-corrected chi connectivity index (χ2v) is 4.71. The van der Waals surface area contributed by atoms with E-state index in [4.69, 9.17) is 9.84 Å². The van der Waals surface area contributed by atoms with E-state index < -0.39 is 17.3 Å². The summed E-state index contributed by atoms with van der Waals surface area (Å²) >= 11 is 0. The smallest absolute Gasteiger partial charge is 0.342 e. The zero-order chi connectivity index (χ0) is 14.7. The highest BCUT2D eigenvalue weighted by atomic mass is 19.1. The maximum absolute atomic E-state index is 13.6. The van der Waals surface area contributed by atoms with E-state index in [0.717, 1.165) is 11.6 Å². The molecule has 0 aliphatic heterocycles. The van der Waals surface area contributed by atoms with Crippen molar-refractivity contribution in [1.29, 1.82) is 0 Å². The minimum absolute atomic E-state index is 0.00519. The van der Waals surface area contributed by atoms with Gasteiger partial charge in [0, 0.05) is 0 Å². The Morgan fingerprint density at radius 1 is 1.10 bits per heavy atom. The van der Waals surface area contributed by atoms with Crippen LogP contribution in [0.2, 0.25) is 0 Å². The fourth-order valence-electron chi connectivity index (χ4n) is 1.97. The number of halogens is 1. The lowest BCUT2D eigenvalue weighted by Gasteiger charge is -2.15. The van der Waals surface area contributed by atoms with E-state index in [2.05, 4.69) is 0 Å². The molecule has 0 amide bonds. The summed E-state index contributed by atoms with van der Waals surface area (Å²) in [5.74, 6) is -1.40. The van der Waals surface area contributed by atoms with Crippen LogP contribution in [0.1, 0.15) is 35.7 Å². The molecule has 0 atom stereocenters. The van der Waals surface area contributed by atoms with Crippen LogP contribution in [0.5, 0.6) is 11.5 Å². The number of hydrogen-bond donors (Lipinski definition) is 1. The minimum atomic E-state index is -1.35. The number of carboxylic acids is 1. The van der Waals surface area contributed by atoms with Crippen molar-refractivity contribution < 1.29 is 19.0 Å². The predicted molar refractivity (Wildman–Crippen MR) is 74.0 cm³/mol. The Balaban J connectivity index is 2.46. The van der Waals surface area contributed by atoms with Crippen LogP contribution in [0, 0.1) is 5.82 Å². The van der Waals surface area contributed by atoms with Gasteiger partial charge in [0.15, 0.2) is 0 Å². The van der Waals surface area contributed by atoms with Gasteiger partial charge in [-0.15, -0.1) is 0 Å². The molecule has 4 heteroatoms. The normalized spacial score (nSPS) is 10.6. The molecule has 20 heavy (non-hydrogen) atoms. The van der Waals surface area contributed by atoms with Gasteiger partial charge in [0.2, 0.25) is 0 Å². The number of benzene rings is 2. The van der Waals surface area contributed by atoms with Gasteiger partial charge in [0.05, 0.1) is 0 Å². The van der Waals surface area contributed by atoms with Crippen LogP contribution in [0.4, 0.5) is 4.39 Å². The first-order valence-corrected chi connectivity index (χ1v) is 6.29. The van der Waals surface area contributed by atoms with E-state index in [-0.39, 0.29) is 11.7 Å². The van der Waals surface area contributed by atoms with Crippen molar-refractivity contribution in [3.63, 3.8) is 0 Å². The van der Waals surface area contributed by atoms with Crippen LogP contribution in [0.25, 0.3) is 0 Å². The molecular weight excluding hydrogens is 259 g/mol. The first-order chi connectivity index (χ1) is 9.50. The summed E-state index contributed by atoms with van der Waals surface area (Å²) < 4.78 is 19.2. The summed E-state index contributed by atoms with van der Waals surface area (Å²) in [6, 6.07) is 11.3. The van der Waals surface area contributed by atoms with Gasteiger partial charge in [-0.2, -0.15) is 0 Å². The van der Waals surface area contributed by atoms with Gasteiger partial charge in [-0.3, -0.25) is 0 Å². The second-order valence-electron chi connectivity index (χ2n) is 4.71. The third kappa shape index (κ3) is 2.79. The van der Waals surface area contributed by atoms with E-state index in [0.29, 0.717) is 5.75 Å². The maximum atomic E-state index is 13.6. The summed E-state index contributed by atoms with van der Waals surface area (Å²) in [6.07, 6.45) is 0. The molecule has 0 saturated carbocycles. The average molecular weight is 274 g/mol. The van der Waals surface area contributed by atoms with Crippen LogP contribution in [0.3, 0.4) is 0 Å². The number of aromatic carboxylic acids is 1. The Kier molecular flexibility index (Phi) is 4.03. The molecule has 0 spiro atoms. The fraction of sp³-hybridized carbons (Fsp3) is 0.188. The topological polar surface area (TPSA) is 46.5 Å². The summed E-state index contributed by atoms with van der Waals surface area (Å²) in [7, 11) is 0. The molecule has 3 nitrogen and oxygen atoms in total. The fourth-order valence-corrected chi connectivity index (χ4v) is 1.97. The Morgan fingerprint density at radius 3 is 2.40 bits per heavy atom. The van der Waals surface area contributed by atoms with Gasteiger partial charge < -0.3 is 9.84 Å². The van der Waals surface area contributed by atoms with Crippen molar-refractivity contribution in [3.8, 4) is 11.5 Å². The SMILES string of the molecule is CC(C)c1ccccc1Oc1cccc(F)c1C(=O)O. The number of carboxylic acid groups (broad SMARTS) is 1. The highest BCUT2D eigenvalue weighted by molar-refractivity contribution is 5.91. The van der Waals surface area contributed by atoms with Crippen molar-refractivity contribution in [2.75, 3.05) is 0 Å². The number of rotatable bonds is 4. The zero-order valence-electron chi connectivity index (χ0n) is 11.3. The molecule has 104 valence electrons. The Hall–Kier alpha value is -2.36. The van der Waals surface area contributed by atoms with Crippen LogP contribution < -0.4 is 4.74 Å². The molecule has 0 aliphatic carbocycles. The molecule has 2 rings (SSSR count). The highest BCUT2D eigenvalue weighted by Crippen LogP contribution is 2.32. The standard InChI is InChI=1S/C16H15FO3/c1-10(2)11-6-3-4-8-13(11)20-14-9-5-7-12(17)15(14)16(18)19/h3-10H,1-2H3,(H,18,19). The first kappa shape index (κ1) is 14.1. The molecule has 0 heterocycles. The number of carbonyl (C=O) groups is 1. The molecular formula is C16H15FO3. The molecule has 2 aromatic rings. The first-order valence-electron chi connectivity index (χ1n) is 6.29. The van der Waals surface area contributed by atoms with Crippen LogP contribution in [-0.2, 0) is 0 Å². The van der Waals surface area contributed by atoms with Crippen molar-refractivity contribution in [2.24, 2.45) is 0 Å². The van der Waals surface area contributed by atoms with Gasteiger partial charge in [-0.1, -0.05) is 38.1 Å². The Bertz CT molecular complexity index is 635. The molecule has 0 bridgehead atoms. The van der Waals surface area contributed by atoms with Gasteiger partial charge >= 0.3 is 5.97 Å². The number of ether oxygens (including phenoxy) is 1. The molecule has 0 radical (unpaired) electrons. The van der Waals surface area contributed by atoms with Crippen LogP contribution >= 0.6 is 0 Å². The average Bonchev–Trinajstić information content (AvgIpc) is 2.38. The lowest BCUT2D eigenvalue weighted by Crippen LogP contribution is -2.04. The van der Waals surface area contributed by atoms with E-state index in [1.165, 1.54) is 12.1 Å². The maximum Gasteiger partial charge on any atom is 0.342 e. The largest absolute Gasteiger partial charge is 0.477 e. The molecule has 1 N–H and O–H groups in total. The highest BCUT2D eigenvalue weighted by Gasteiger charge is 2.18. The van der Waals surface area contributed by atoms with E-state index in [9.17, 15) is 9.18 Å². The van der Waals surface area contributed by atoms with Crippen molar-refractivity contribution in [2.45, 2.75) is 19.8 Å². The minimum Gasteiger partial charge on any atom is -0.477 e. The monoisotopic (exact) mass is 274 g/mol. The Labute approximate surface area is 116 Å². The summed E-state index contributed by atoms with van der Waals surface area (Å²) in [6.45, 7) is 4.01. The van der Waals surface area contributed by atoms with E-state index in [1.54, 1.807) is 12.1 Å². The molecule has 0 aliphatic rings. The van der Waals surface area contributed by atoms with Crippen molar-refractivity contribution in [3.05, 3.63) is 59.4 Å². The van der Waals surface area contributed by atoms with Crippen LogP contribution in [-0.4, -0.2) is 11.1 Å². The van der Waals surface area contributed by atoms with Gasteiger partial charge in [-0.05, 0) is 29.7 Å². The van der Waals surface area contributed by atoms with Crippen LogP contribution in [0.15, 0.2) is 42.5 Å².